The van der Waals surface area contributed by atoms with Gasteiger partial charge in [0.2, 0.25) is 11.8 Å². The Labute approximate surface area is 110 Å². The summed E-state index contributed by atoms with van der Waals surface area (Å²) in [4.78, 5) is 7.02. The molecule has 2 N–H and O–H groups in total. The first-order valence-electron chi connectivity index (χ1n) is 5.39. The van der Waals surface area contributed by atoms with E-state index in [0.717, 1.165) is 6.33 Å². The van der Waals surface area contributed by atoms with Gasteiger partial charge in [-0.3, -0.25) is 0 Å². The Morgan fingerprint density at radius 1 is 1.15 bits per heavy atom. The molecule has 0 aliphatic rings. The quantitative estimate of drug-likeness (QED) is 0.846. The molecule has 5 nitrogen and oxygen atoms in total. The lowest BCUT2D eigenvalue weighted by Gasteiger charge is -2.20. The molecule has 20 heavy (non-hydrogen) atoms. The van der Waals surface area contributed by atoms with E-state index in [9.17, 15) is 22.0 Å². The lowest BCUT2D eigenvalue weighted by Crippen LogP contribution is -2.42. The summed E-state index contributed by atoms with van der Waals surface area (Å²) >= 11 is 0. The van der Waals surface area contributed by atoms with Gasteiger partial charge in [-0.1, -0.05) is 0 Å². The lowest BCUT2D eigenvalue weighted by molar-refractivity contribution is -0.290. The number of halogens is 5. The van der Waals surface area contributed by atoms with E-state index in [1.165, 1.54) is 0 Å². The second-order valence-corrected chi connectivity index (χ2v) is 4.06. The molecule has 1 aromatic rings. The largest absolute Gasteiger partial charge is 0.473 e. The summed E-state index contributed by atoms with van der Waals surface area (Å²) < 4.78 is 70.7. The molecule has 1 aromatic heterocycles. The zero-order valence-electron chi connectivity index (χ0n) is 10.5. The number of ether oxygens (including phenoxy) is 2. The number of nitrogens with two attached hydrogens (primary N) is 1. The zero-order chi connectivity index (χ0) is 15.6. The number of anilines is 1. The third-order valence-electron chi connectivity index (χ3n) is 1.96. The Bertz CT molecular complexity index is 465. The monoisotopic (exact) mass is 301 g/mol. The van der Waals surface area contributed by atoms with Crippen LogP contribution in [0.1, 0.15) is 13.8 Å². The fourth-order valence-corrected chi connectivity index (χ4v) is 1.04. The van der Waals surface area contributed by atoms with Crippen LogP contribution in [0.15, 0.2) is 6.33 Å². The van der Waals surface area contributed by atoms with E-state index in [4.69, 9.17) is 10.5 Å². The van der Waals surface area contributed by atoms with Crippen LogP contribution in [0.25, 0.3) is 0 Å². The summed E-state index contributed by atoms with van der Waals surface area (Å²) in [7, 11) is 0. The van der Waals surface area contributed by atoms with Gasteiger partial charge in [-0.25, -0.2) is 0 Å². The number of alkyl halides is 5. The first kappa shape index (κ1) is 16.2. The summed E-state index contributed by atoms with van der Waals surface area (Å²) in [6, 6.07) is 0. The van der Waals surface area contributed by atoms with Crippen LogP contribution < -0.4 is 15.2 Å². The van der Waals surface area contributed by atoms with Gasteiger partial charge in [0.1, 0.15) is 6.33 Å². The summed E-state index contributed by atoms with van der Waals surface area (Å²) in [5.41, 5.74) is 5.12. The first-order chi connectivity index (χ1) is 9.04. The van der Waals surface area contributed by atoms with E-state index in [2.05, 4.69) is 14.7 Å². The van der Waals surface area contributed by atoms with Crippen molar-refractivity contribution in [3.63, 3.8) is 0 Å². The Hall–Kier alpha value is -1.87. The fraction of sp³-hybridized carbons (Fsp3) is 0.600. The van der Waals surface area contributed by atoms with Gasteiger partial charge in [-0.15, -0.1) is 0 Å². The van der Waals surface area contributed by atoms with Crippen molar-refractivity contribution in [1.29, 1.82) is 0 Å². The smallest absolute Gasteiger partial charge is 0.456 e. The fourth-order valence-electron chi connectivity index (χ4n) is 1.04. The molecule has 0 fully saturated rings. The number of aromatic nitrogens is 2. The minimum atomic E-state index is -5.72. The summed E-state index contributed by atoms with van der Waals surface area (Å²) in [6.45, 7) is 1.37. The van der Waals surface area contributed by atoms with Gasteiger partial charge in [0.05, 0.1) is 6.10 Å². The van der Waals surface area contributed by atoms with E-state index >= 15 is 0 Å². The molecule has 1 heterocycles. The van der Waals surface area contributed by atoms with Crippen molar-refractivity contribution >= 4 is 5.69 Å². The van der Waals surface area contributed by atoms with Gasteiger partial charge in [0, 0.05) is 0 Å². The molecule has 10 heteroatoms. The normalized spacial score (nSPS) is 12.6. The predicted molar refractivity (Wildman–Crippen MR) is 58.7 cm³/mol. The van der Waals surface area contributed by atoms with Gasteiger partial charge in [0.25, 0.3) is 0 Å². The van der Waals surface area contributed by atoms with Crippen molar-refractivity contribution < 1.29 is 31.4 Å². The van der Waals surface area contributed by atoms with Crippen molar-refractivity contribution in [3.05, 3.63) is 6.33 Å². The standard InChI is InChI=1S/C10H12F5N3O2/c1-5(2)20-8-6(16)7(17-4-18-8)19-3-9(11,12)10(13,14)15/h4-5H,3,16H2,1-2H3. The van der Waals surface area contributed by atoms with Crippen molar-refractivity contribution in [1.82, 2.24) is 9.97 Å². The van der Waals surface area contributed by atoms with Crippen molar-refractivity contribution in [2.45, 2.75) is 32.1 Å². The molecular weight excluding hydrogens is 289 g/mol. The number of rotatable bonds is 5. The van der Waals surface area contributed by atoms with Gasteiger partial charge in [0.15, 0.2) is 12.3 Å². The van der Waals surface area contributed by atoms with E-state index < -0.39 is 24.6 Å². The molecule has 0 aliphatic carbocycles. The lowest BCUT2D eigenvalue weighted by atomic mass is 10.3. The van der Waals surface area contributed by atoms with Gasteiger partial charge in [-0.05, 0) is 13.8 Å². The highest BCUT2D eigenvalue weighted by Gasteiger charge is 2.58. The van der Waals surface area contributed by atoms with E-state index in [0.29, 0.717) is 0 Å². The molecule has 0 saturated carbocycles. The average Bonchev–Trinajstić information content (AvgIpc) is 2.28. The molecular formula is C10H12F5N3O2. The SMILES string of the molecule is CC(C)Oc1ncnc(OCC(F)(F)C(F)(F)F)c1N. The van der Waals surface area contributed by atoms with E-state index in [1.807, 2.05) is 0 Å². The first-order valence-corrected chi connectivity index (χ1v) is 5.39. The van der Waals surface area contributed by atoms with Gasteiger partial charge >= 0.3 is 12.1 Å². The van der Waals surface area contributed by atoms with E-state index in [-0.39, 0.29) is 17.7 Å². The predicted octanol–water partition coefficient (Wildman–Crippen LogP) is 2.42. The second kappa shape index (κ2) is 5.63. The summed E-state index contributed by atoms with van der Waals surface area (Å²) in [6.07, 6.45) is -5.15. The third kappa shape index (κ3) is 3.81. The highest BCUT2D eigenvalue weighted by atomic mass is 19.4. The Balaban J connectivity index is 2.84. The maximum atomic E-state index is 12.7. The van der Waals surface area contributed by atoms with Gasteiger partial charge in [-0.2, -0.15) is 31.9 Å². The van der Waals surface area contributed by atoms with Crippen molar-refractivity contribution in [2.75, 3.05) is 12.3 Å². The van der Waals surface area contributed by atoms with Crippen LogP contribution in [0.3, 0.4) is 0 Å². The van der Waals surface area contributed by atoms with Crippen LogP contribution in [0, 0.1) is 0 Å². The molecule has 114 valence electrons. The molecule has 0 radical (unpaired) electrons. The van der Waals surface area contributed by atoms with Crippen LogP contribution in [0.4, 0.5) is 27.6 Å². The number of hydrogen-bond donors (Lipinski definition) is 1. The number of hydrogen-bond acceptors (Lipinski definition) is 5. The molecule has 1 rings (SSSR count). The Morgan fingerprint density at radius 3 is 2.20 bits per heavy atom. The Morgan fingerprint density at radius 2 is 1.70 bits per heavy atom. The molecule has 0 amide bonds. The van der Waals surface area contributed by atoms with Crippen LogP contribution in [0.2, 0.25) is 0 Å². The van der Waals surface area contributed by atoms with Crippen LogP contribution >= 0.6 is 0 Å². The van der Waals surface area contributed by atoms with Gasteiger partial charge < -0.3 is 15.2 Å². The molecule has 0 saturated heterocycles. The third-order valence-corrected chi connectivity index (χ3v) is 1.96. The highest BCUT2D eigenvalue weighted by Crippen LogP contribution is 2.36. The molecule has 0 unspecified atom stereocenters. The molecule has 0 spiro atoms. The van der Waals surface area contributed by atoms with Crippen LogP contribution in [-0.2, 0) is 0 Å². The van der Waals surface area contributed by atoms with Crippen molar-refractivity contribution in [2.24, 2.45) is 0 Å². The topological polar surface area (TPSA) is 70.3 Å². The Kier molecular flexibility index (Phi) is 4.56. The second-order valence-electron chi connectivity index (χ2n) is 4.06. The molecule has 0 aromatic carbocycles. The average molecular weight is 301 g/mol. The summed E-state index contributed by atoms with van der Waals surface area (Å²) in [5, 5.41) is 0. The highest BCUT2D eigenvalue weighted by molar-refractivity contribution is 5.55. The maximum absolute atomic E-state index is 12.7. The number of nitrogen functional groups attached to an aromatic ring is 1. The van der Waals surface area contributed by atoms with E-state index in [1.54, 1.807) is 13.8 Å². The minimum absolute atomic E-state index is 0.152. The van der Waals surface area contributed by atoms with Crippen LogP contribution in [-0.4, -0.2) is 34.8 Å². The summed E-state index contributed by atoms with van der Waals surface area (Å²) in [5.74, 6) is -5.76. The molecule has 0 bridgehead atoms. The zero-order valence-corrected chi connectivity index (χ0v) is 10.5. The molecule has 0 aliphatic heterocycles. The van der Waals surface area contributed by atoms with Crippen LogP contribution in [0.5, 0.6) is 11.8 Å². The van der Waals surface area contributed by atoms with Crippen molar-refractivity contribution in [3.8, 4) is 11.8 Å². The number of nitrogens with zero attached hydrogens (tertiary/aromatic N) is 2. The maximum Gasteiger partial charge on any atom is 0.456 e. The minimum Gasteiger partial charge on any atom is -0.473 e. The molecule has 0 atom stereocenters.